The molecule has 3 nitrogen and oxygen atoms in total. The number of nitrogens with zero attached hydrogens (tertiary/aromatic N) is 3. The topological polar surface area (TPSA) is 15.6 Å². The summed E-state index contributed by atoms with van der Waals surface area (Å²) in [7, 11) is 4.64. The van der Waals surface area contributed by atoms with Crippen molar-refractivity contribution in [3.8, 4) is 0 Å². The van der Waals surface area contributed by atoms with Crippen LogP contribution in [0.4, 0.5) is 0 Å². The Bertz CT molecular complexity index is 388. The number of amidine groups is 1. The van der Waals surface area contributed by atoms with E-state index in [0.717, 1.165) is 12.3 Å². The lowest BCUT2D eigenvalue weighted by atomic mass is 9.71. The van der Waals surface area contributed by atoms with Gasteiger partial charge in [-0.1, -0.05) is 25.5 Å². The zero-order valence-electron chi connectivity index (χ0n) is 12.9. The minimum Gasteiger partial charge on any atom is -0.354 e. The van der Waals surface area contributed by atoms with Crippen LogP contribution in [0.5, 0.6) is 0 Å². The highest BCUT2D eigenvalue weighted by Crippen LogP contribution is 2.42. The predicted molar refractivity (Wildman–Crippen MR) is 82.1 cm³/mol. The molecule has 0 saturated carbocycles. The van der Waals surface area contributed by atoms with E-state index in [0.29, 0.717) is 5.41 Å². The van der Waals surface area contributed by atoms with Gasteiger partial charge in [0.15, 0.2) is 0 Å². The van der Waals surface area contributed by atoms with Gasteiger partial charge in [-0.25, -0.2) is 4.99 Å². The molecule has 1 spiro atoms. The zero-order valence-corrected chi connectivity index (χ0v) is 12.9. The van der Waals surface area contributed by atoms with Gasteiger partial charge in [-0.2, -0.15) is 0 Å². The Morgan fingerprint density at radius 3 is 2.53 bits per heavy atom. The lowest BCUT2D eigenvalue weighted by Gasteiger charge is -2.62. The molecule has 2 saturated heterocycles. The normalized spacial score (nSPS) is 25.1. The summed E-state index contributed by atoms with van der Waals surface area (Å²) in [4.78, 5) is 7.02. The van der Waals surface area contributed by atoms with Crippen molar-refractivity contribution < 1.29 is 4.48 Å². The molecule has 0 atom stereocenters. The Morgan fingerprint density at radius 2 is 2.00 bits per heavy atom. The molecule has 0 unspecified atom stereocenters. The van der Waals surface area contributed by atoms with E-state index in [4.69, 9.17) is 0 Å². The average Bonchev–Trinajstić information content (AvgIpc) is 2.27. The van der Waals surface area contributed by atoms with Crippen molar-refractivity contribution >= 4 is 5.84 Å². The van der Waals surface area contributed by atoms with Crippen LogP contribution in [0.15, 0.2) is 29.4 Å². The molecule has 0 aromatic carbocycles. The molecule has 0 aromatic rings. The average molecular weight is 262 g/mol. The Kier molecular flexibility index (Phi) is 4.14. The number of hydrogen-bond acceptors (Lipinski definition) is 1. The minimum atomic E-state index is 0.582. The Morgan fingerprint density at radius 1 is 1.32 bits per heavy atom. The molecule has 3 heteroatoms. The molecule has 2 aliphatic heterocycles. The highest BCUT2D eigenvalue weighted by Gasteiger charge is 2.58. The van der Waals surface area contributed by atoms with E-state index in [2.05, 4.69) is 56.1 Å². The number of aliphatic imine (C=N–C) groups is 1. The van der Waals surface area contributed by atoms with Crippen LogP contribution in [-0.4, -0.2) is 55.5 Å². The van der Waals surface area contributed by atoms with E-state index in [1.54, 1.807) is 0 Å². The first-order valence-corrected chi connectivity index (χ1v) is 7.43. The molecule has 2 heterocycles. The zero-order chi connectivity index (χ0) is 13.9. The smallest absolute Gasteiger partial charge is 0.128 e. The van der Waals surface area contributed by atoms with Crippen molar-refractivity contribution in [1.82, 2.24) is 4.90 Å². The number of hydrogen-bond donors (Lipinski definition) is 0. The first-order valence-electron chi connectivity index (χ1n) is 7.43. The monoisotopic (exact) mass is 262 g/mol. The summed E-state index contributed by atoms with van der Waals surface area (Å²) in [6.45, 7) is 9.25. The summed E-state index contributed by atoms with van der Waals surface area (Å²) >= 11 is 0. The highest BCUT2D eigenvalue weighted by atomic mass is 15.4. The molecule has 0 radical (unpaired) electrons. The number of allylic oxidation sites excluding steroid dienone is 2. The van der Waals surface area contributed by atoms with Gasteiger partial charge in [0, 0.05) is 19.3 Å². The van der Waals surface area contributed by atoms with Gasteiger partial charge in [0.05, 0.1) is 27.2 Å². The van der Waals surface area contributed by atoms with Crippen LogP contribution in [0.25, 0.3) is 0 Å². The predicted octanol–water partition coefficient (Wildman–Crippen LogP) is 2.67. The second-order valence-corrected chi connectivity index (χ2v) is 6.77. The fourth-order valence-corrected chi connectivity index (χ4v) is 3.64. The van der Waals surface area contributed by atoms with Crippen LogP contribution in [0.3, 0.4) is 0 Å². The van der Waals surface area contributed by atoms with E-state index >= 15 is 0 Å². The van der Waals surface area contributed by atoms with E-state index in [9.17, 15) is 0 Å². The molecule has 19 heavy (non-hydrogen) atoms. The molecule has 2 fully saturated rings. The second-order valence-electron chi connectivity index (χ2n) is 6.77. The van der Waals surface area contributed by atoms with E-state index in [1.165, 1.54) is 37.1 Å². The van der Waals surface area contributed by atoms with Crippen molar-refractivity contribution in [3.05, 3.63) is 24.4 Å². The Balaban J connectivity index is 1.89. The van der Waals surface area contributed by atoms with Gasteiger partial charge in [0.25, 0.3) is 0 Å². The van der Waals surface area contributed by atoms with Gasteiger partial charge in [-0.05, 0) is 19.4 Å². The number of rotatable bonds is 4. The van der Waals surface area contributed by atoms with Crippen LogP contribution in [0.1, 0.15) is 26.7 Å². The Labute approximate surface area is 117 Å². The van der Waals surface area contributed by atoms with Gasteiger partial charge in [0.1, 0.15) is 11.3 Å². The van der Waals surface area contributed by atoms with E-state index in [1.807, 2.05) is 6.20 Å². The van der Waals surface area contributed by atoms with Gasteiger partial charge < -0.3 is 9.38 Å². The fraction of sp³-hybridized carbons (Fsp3) is 0.688. The van der Waals surface area contributed by atoms with Crippen LogP contribution >= 0.6 is 0 Å². The quantitative estimate of drug-likeness (QED) is 0.432. The van der Waals surface area contributed by atoms with Gasteiger partial charge in [0.2, 0.25) is 0 Å². The fourth-order valence-electron chi connectivity index (χ4n) is 3.64. The maximum Gasteiger partial charge on any atom is 0.128 e. The summed E-state index contributed by atoms with van der Waals surface area (Å²) in [5.74, 6) is 1.12. The maximum absolute atomic E-state index is 4.60. The Hall–Kier alpha value is -1.09. The number of quaternary nitrogens is 1. The SMILES string of the molecule is C\C=C/C(=N\C=C/CCC)N1CC2(C1)C[N+](C)(C)C2. The number of likely N-dealkylation sites (tertiary alicyclic amines) is 2. The minimum absolute atomic E-state index is 0.582. The summed E-state index contributed by atoms with van der Waals surface area (Å²) in [6.07, 6.45) is 10.6. The van der Waals surface area contributed by atoms with Crippen LogP contribution in [-0.2, 0) is 0 Å². The molecule has 0 aromatic heterocycles. The van der Waals surface area contributed by atoms with Crippen molar-refractivity contribution in [1.29, 1.82) is 0 Å². The van der Waals surface area contributed by atoms with Crippen molar-refractivity contribution in [2.75, 3.05) is 40.3 Å². The van der Waals surface area contributed by atoms with Crippen molar-refractivity contribution in [2.24, 2.45) is 10.4 Å². The molecule has 2 rings (SSSR count). The van der Waals surface area contributed by atoms with Gasteiger partial charge >= 0.3 is 0 Å². The molecule has 0 N–H and O–H groups in total. The maximum atomic E-state index is 4.60. The molecular weight excluding hydrogens is 234 g/mol. The first-order chi connectivity index (χ1) is 9.00. The van der Waals surface area contributed by atoms with Crippen molar-refractivity contribution in [3.63, 3.8) is 0 Å². The molecule has 0 bridgehead atoms. The van der Waals surface area contributed by atoms with Crippen LogP contribution < -0.4 is 0 Å². The van der Waals surface area contributed by atoms with E-state index in [-0.39, 0.29) is 0 Å². The third kappa shape index (κ3) is 3.27. The molecule has 0 amide bonds. The molecule has 106 valence electrons. The lowest BCUT2D eigenvalue weighted by molar-refractivity contribution is -0.952. The standard InChI is InChI=1S/C16H28N3/c1-5-7-8-10-17-15(9-6-2)18-11-16(12-18)13-19(3,4)14-16/h6,8-10H,5,7,11-14H2,1-4H3/q+1/b9-6-,10-8-,17-15+. The van der Waals surface area contributed by atoms with Crippen LogP contribution in [0, 0.1) is 5.41 Å². The summed E-state index contributed by atoms with van der Waals surface area (Å²) in [6, 6.07) is 0. The summed E-state index contributed by atoms with van der Waals surface area (Å²) < 4.78 is 1.18. The largest absolute Gasteiger partial charge is 0.354 e. The van der Waals surface area contributed by atoms with Gasteiger partial charge in [-0.15, -0.1) is 0 Å². The lowest BCUT2D eigenvalue weighted by Crippen LogP contribution is -2.77. The summed E-state index contributed by atoms with van der Waals surface area (Å²) in [5.41, 5.74) is 0.582. The number of unbranched alkanes of at least 4 members (excludes halogenated alkanes) is 1. The first kappa shape index (κ1) is 14.3. The van der Waals surface area contributed by atoms with Crippen LogP contribution in [0.2, 0.25) is 0 Å². The highest BCUT2D eigenvalue weighted by molar-refractivity contribution is 5.94. The third-order valence-corrected chi connectivity index (χ3v) is 3.99. The third-order valence-electron chi connectivity index (χ3n) is 3.99. The van der Waals surface area contributed by atoms with Gasteiger partial charge in [-0.3, -0.25) is 0 Å². The molecule has 2 aliphatic rings. The second kappa shape index (κ2) is 5.49. The molecular formula is C16H28N3+. The van der Waals surface area contributed by atoms with Crippen molar-refractivity contribution in [2.45, 2.75) is 26.7 Å². The van der Waals surface area contributed by atoms with E-state index < -0.39 is 0 Å². The summed E-state index contributed by atoms with van der Waals surface area (Å²) in [5, 5.41) is 0. The molecule has 0 aliphatic carbocycles.